The zero-order valence-electron chi connectivity index (χ0n) is 9.25. The number of hydrogen-bond donors (Lipinski definition) is 1. The second kappa shape index (κ2) is 5.85. The van der Waals surface area contributed by atoms with E-state index in [1.54, 1.807) is 12.3 Å². The monoisotopic (exact) mass is 305 g/mol. The fraction of sp³-hybridized carbons (Fsp3) is 0.167. The van der Waals surface area contributed by atoms with Gasteiger partial charge >= 0.3 is 0 Å². The fourth-order valence-corrected chi connectivity index (χ4v) is 1.96. The standard InChI is InChI=1S/C12H10Cl3NO2/c13-9-2-11(15)12(3-10(9)14)18-6-8-1-7(4-16)5-17-8/h1-3,5H,4,6,16H2. The highest BCUT2D eigenvalue weighted by Gasteiger charge is 2.08. The summed E-state index contributed by atoms with van der Waals surface area (Å²) in [7, 11) is 0. The molecule has 96 valence electrons. The smallest absolute Gasteiger partial charge is 0.146 e. The molecule has 18 heavy (non-hydrogen) atoms. The van der Waals surface area contributed by atoms with Crippen molar-refractivity contribution >= 4 is 34.8 Å². The van der Waals surface area contributed by atoms with Gasteiger partial charge in [-0.3, -0.25) is 0 Å². The lowest BCUT2D eigenvalue weighted by Gasteiger charge is -2.07. The summed E-state index contributed by atoms with van der Waals surface area (Å²) >= 11 is 17.7. The second-order valence-corrected chi connectivity index (χ2v) is 4.83. The van der Waals surface area contributed by atoms with Gasteiger partial charge in [0.25, 0.3) is 0 Å². The van der Waals surface area contributed by atoms with Crippen LogP contribution in [0, 0.1) is 0 Å². The first kappa shape index (κ1) is 13.6. The van der Waals surface area contributed by atoms with Crippen LogP contribution >= 0.6 is 34.8 Å². The summed E-state index contributed by atoms with van der Waals surface area (Å²) in [6.45, 7) is 0.675. The average Bonchev–Trinajstić information content (AvgIpc) is 2.80. The molecule has 0 aliphatic rings. The van der Waals surface area contributed by atoms with E-state index in [2.05, 4.69) is 0 Å². The van der Waals surface area contributed by atoms with Crippen molar-refractivity contribution in [1.82, 2.24) is 0 Å². The molecular weight excluding hydrogens is 296 g/mol. The third-order valence-corrected chi connectivity index (χ3v) is 3.31. The van der Waals surface area contributed by atoms with Gasteiger partial charge < -0.3 is 14.9 Å². The average molecular weight is 307 g/mol. The van der Waals surface area contributed by atoms with E-state index in [1.165, 1.54) is 6.07 Å². The minimum Gasteiger partial charge on any atom is -0.484 e. The Labute approximate surface area is 119 Å². The molecule has 1 heterocycles. The molecule has 0 atom stereocenters. The van der Waals surface area contributed by atoms with Gasteiger partial charge in [0.2, 0.25) is 0 Å². The van der Waals surface area contributed by atoms with Crippen LogP contribution in [0.3, 0.4) is 0 Å². The summed E-state index contributed by atoms with van der Waals surface area (Å²) < 4.78 is 10.8. The Bertz CT molecular complexity index is 554. The zero-order chi connectivity index (χ0) is 13.1. The van der Waals surface area contributed by atoms with Crippen molar-refractivity contribution in [2.75, 3.05) is 0 Å². The number of halogens is 3. The minimum atomic E-state index is 0.248. The van der Waals surface area contributed by atoms with Crippen molar-refractivity contribution in [2.24, 2.45) is 5.73 Å². The molecule has 0 spiro atoms. The molecule has 0 unspecified atom stereocenters. The summed E-state index contributed by atoms with van der Waals surface area (Å²) in [6.07, 6.45) is 1.59. The maximum Gasteiger partial charge on any atom is 0.146 e. The molecule has 0 fully saturated rings. The van der Waals surface area contributed by atoms with Gasteiger partial charge in [-0.15, -0.1) is 0 Å². The first-order chi connectivity index (χ1) is 8.60. The molecule has 2 N–H and O–H groups in total. The number of nitrogens with two attached hydrogens (primary N) is 1. The lowest BCUT2D eigenvalue weighted by Crippen LogP contribution is -1.96. The highest BCUT2D eigenvalue weighted by atomic mass is 35.5. The molecule has 0 radical (unpaired) electrons. The van der Waals surface area contributed by atoms with E-state index < -0.39 is 0 Å². The van der Waals surface area contributed by atoms with Gasteiger partial charge in [-0.1, -0.05) is 34.8 Å². The summed E-state index contributed by atoms with van der Waals surface area (Å²) in [5.41, 5.74) is 6.39. The lowest BCUT2D eigenvalue weighted by molar-refractivity contribution is 0.270. The molecule has 0 aliphatic carbocycles. The minimum absolute atomic E-state index is 0.248. The van der Waals surface area contributed by atoms with Crippen molar-refractivity contribution in [3.05, 3.63) is 50.9 Å². The van der Waals surface area contributed by atoms with Crippen LogP contribution in [0.5, 0.6) is 5.75 Å². The maximum absolute atomic E-state index is 5.98. The number of benzene rings is 1. The van der Waals surface area contributed by atoms with Gasteiger partial charge in [0.1, 0.15) is 18.1 Å². The van der Waals surface area contributed by atoms with Crippen molar-refractivity contribution in [3.8, 4) is 5.75 Å². The van der Waals surface area contributed by atoms with Crippen LogP contribution < -0.4 is 10.5 Å². The lowest BCUT2D eigenvalue weighted by atomic mass is 10.3. The molecule has 0 saturated carbocycles. The Morgan fingerprint density at radius 2 is 1.78 bits per heavy atom. The van der Waals surface area contributed by atoms with E-state index in [0.29, 0.717) is 33.1 Å². The SMILES string of the molecule is NCc1coc(COc2cc(Cl)c(Cl)cc2Cl)c1. The molecule has 0 saturated heterocycles. The van der Waals surface area contributed by atoms with E-state index in [9.17, 15) is 0 Å². The highest BCUT2D eigenvalue weighted by molar-refractivity contribution is 6.43. The Morgan fingerprint density at radius 3 is 2.44 bits per heavy atom. The van der Waals surface area contributed by atoms with E-state index >= 15 is 0 Å². The van der Waals surface area contributed by atoms with E-state index in [-0.39, 0.29) is 6.61 Å². The van der Waals surface area contributed by atoms with Crippen LogP contribution in [0.4, 0.5) is 0 Å². The number of furan rings is 1. The quantitative estimate of drug-likeness (QED) is 0.858. The van der Waals surface area contributed by atoms with E-state index in [0.717, 1.165) is 5.56 Å². The van der Waals surface area contributed by atoms with Gasteiger partial charge in [-0.05, 0) is 12.1 Å². The Hall–Kier alpha value is -0.870. The van der Waals surface area contributed by atoms with Crippen LogP contribution in [-0.2, 0) is 13.2 Å². The predicted octanol–water partition coefficient (Wildman–Crippen LogP) is 4.28. The van der Waals surface area contributed by atoms with Crippen LogP contribution in [0.15, 0.2) is 28.9 Å². The Morgan fingerprint density at radius 1 is 1.06 bits per heavy atom. The van der Waals surface area contributed by atoms with Crippen LogP contribution in [0.1, 0.15) is 11.3 Å². The maximum atomic E-state index is 5.98. The third kappa shape index (κ3) is 3.12. The predicted molar refractivity (Wildman–Crippen MR) is 72.4 cm³/mol. The van der Waals surface area contributed by atoms with Crippen molar-refractivity contribution < 1.29 is 9.15 Å². The van der Waals surface area contributed by atoms with E-state index in [4.69, 9.17) is 49.7 Å². The first-order valence-electron chi connectivity index (χ1n) is 5.14. The molecule has 0 aliphatic heterocycles. The molecule has 2 aromatic rings. The second-order valence-electron chi connectivity index (χ2n) is 3.61. The Kier molecular flexibility index (Phi) is 4.40. The largest absolute Gasteiger partial charge is 0.484 e. The van der Waals surface area contributed by atoms with Gasteiger partial charge in [-0.25, -0.2) is 0 Å². The molecule has 2 rings (SSSR count). The fourth-order valence-electron chi connectivity index (χ4n) is 1.37. The number of rotatable bonds is 4. The molecule has 0 bridgehead atoms. The highest BCUT2D eigenvalue weighted by Crippen LogP contribution is 2.34. The van der Waals surface area contributed by atoms with Crippen LogP contribution in [0.2, 0.25) is 15.1 Å². The summed E-state index contributed by atoms with van der Waals surface area (Å²) in [6, 6.07) is 4.93. The summed E-state index contributed by atoms with van der Waals surface area (Å²) in [5.74, 6) is 1.12. The van der Waals surface area contributed by atoms with Gasteiger partial charge in [0.15, 0.2) is 0 Å². The molecule has 1 aromatic heterocycles. The number of ether oxygens (including phenoxy) is 1. The van der Waals surface area contributed by atoms with Crippen molar-refractivity contribution in [2.45, 2.75) is 13.2 Å². The van der Waals surface area contributed by atoms with Crippen molar-refractivity contribution in [1.29, 1.82) is 0 Å². The molecular formula is C12H10Cl3NO2. The first-order valence-corrected chi connectivity index (χ1v) is 6.27. The summed E-state index contributed by atoms with van der Waals surface area (Å²) in [5, 5.41) is 1.17. The Balaban J connectivity index is 2.08. The van der Waals surface area contributed by atoms with E-state index in [1.807, 2.05) is 6.07 Å². The van der Waals surface area contributed by atoms with Crippen LogP contribution in [-0.4, -0.2) is 0 Å². The number of hydrogen-bond acceptors (Lipinski definition) is 3. The van der Waals surface area contributed by atoms with Gasteiger partial charge in [-0.2, -0.15) is 0 Å². The molecule has 6 heteroatoms. The van der Waals surface area contributed by atoms with Gasteiger partial charge in [0.05, 0.1) is 21.3 Å². The topological polar surface area (TPSA) is 48.4 Å². The molecule has 3 nitrogen and oxygen atoms in total. The summed E-state index contributed by atoms with van der Waals surface area (Å²) in [4.78, 5) is 0. The van der Waals surface area contributed by atoms with Crippen molar-refractivity contribution in [3.63, 3.8) is 0 Å². The van der Waals surface area contributed by atoms with Crippen LogP contribution in [0.25, 0.3) is 0 Å². The normalized spacial score (nSPS) is 10.7. The molecule has 1 aromatic carbocycles. The van der Waals surface area contributed by atoms with Gasteiger partial charge in [0, 0.05) is 18.2 Å². The third-order valence-electron chi connectivity index (χ3n) is 2.29. The molecule has 0 amide bonds. The zero-order valence-corrected chi connectivity index (χ0v) is 11.5.